The van der Waals surface area contributed by atoms with Gasteiger partial charge in [-0.25, -0.2) is 16.8 Å². The van der Waals surface area contributed by atoms with E-state index in [9.17, 15) is 21.6 Å². The maximum absolute atomic E-state index is 12.9. The fourth-order valence-electron chi connectivity index (χ4n) is 3.68. The van der Waals surface area contributed by atoms with E-state index in [2.05, 4.69) is 17.6 Å². The maximum atomic E-state index is 12.9. The molecule has 0 aromatic heterocycles. The van der Waals surface area contributed by atoms with E-state index in [1.165, 1.54) is 9.21 Å². The standard InChI is InChI=1S/C21H36N4O5S2/c1-5-8-12-22-19-10-9-18(32(29,30)25(6-2)7-3)14-20(19)23-15-21(26)24(4)17-11-13-31(27,28)16-17/h9-10,14,17,22-23H,5-8,11-13,15-16H2,1-4H3/t17-/m0/s1. The van der Waals surface area contributed by atoms with Crippen LogP contribution in [0.2, 0.25) is 0 Å². The Morgan fingerprint density at radius 3 is 2.38 bits per heavy atom. The molecule has 11 heteroatoms. The molecule has 1 aliphatic heterocycles. The number of hydrogen-bond donors (Lipinski definition) is 2. The molecule has 32 heavy (non-hydrogen) atoms. The van der Waals surface area contributed by atoms with Crippen LogP contribution in [-0.4, -0.2) is 82.7 Å². The smallest absolute Gasteiger partial charge is 0.243 e. The molecule has 9 nitrogen and oxygen atoms in total. The number of unbranched alkanes of at least 4 members (excludes halogenated alkanes) is 1. The van der Waals surface area contributed by atoms with Crippen molar-refractivity contribution in [3.63, 3.8) is 0 Å². The normalized spacial score (nSPS) is 18.0. The largest absolute Gasteiger partial charge is 0.383 e. The van der Waals surface area contributed by atoms with Gasteiger partial charge in [-0.3, -0.25) is 4.79 Å². The summed E-state index contributed by atoms with van der Waals surface area (Å²) in [5, 5.41) is 6.36. The summed E-state index contributed by atoms with van der Waals surface area (Å²) in [6, 6.07) is 4.51. The second-order valence-corrected chi connectivity index (χ2v) is 12.2. The first-order valence-corrected chi connectivity index (χ1v) is 14.4. The van der Waals surface area contributed by atoms with Crippen molar-refractivity contribution in [2.24, 2.45) is 0 Å². The average molecular weight is 489 g/mol. The van der Waals surface area contributed by atoms with Crippen molar-refractivity contribution in [2.75, 3.05) is 55.4 Å². The molecule has 182 valence electrons. The number of sulfone groups is 1. The summed E-state index contributed by atoms with van der Waals surface area (Å²) in [7, 11) is -5.13. The summed E-state index contributed by atoms with van der Waals surface area (Å²) in [6.07, 6.45) is 2.40. The molecule has 2 N–H and O–H groups in total. The first kappa shape index (κ1) is 26.4. The lowest BCUT2D eigenvalue weighted by Crippen LogP contribution is -2.41. The molecule has 1 aromatic rings. The number of amides is 1. The van der Waals surface area contributed by atoms with E-state index in [1.807, 2.05) is 0 Å². The van der Waals surface area contributed by atoms with Crippen molar-refractivity contribution >= 4 is 37.1 Å². The molecule has 1 atom stereocenters. The molecule has 1 fully saturated rings. The molecule has 1 aromatic carbocycles. The molecule has 0 bridgehead atoms. The number of nitrogens with zero attached hydrogens (tertiary/aromatic N) is 2. The van der Waals surface area contributed by atoms with E-state index < -0.39 is 19.9 Å². The van der Waals surface area contributed by atoms with E-state index in [-0.39, 0.29) is 34.9 Å². The van der Waals surface area contributed by atoms with Crippen LogP contribution in [0.5, 0.6) is 0 Å². The molecule has 0 aliphatic carbocycles. The Bertz CT molecular complexity index is 991. The van der Waals surface area contributed by atoms with Gasteiger partial charge in [-0.1, -0.05) is 27.2 Å². The third-order valence-electron chi connectivity index (χ3n) is 5.76. The molecule has 1 heterocycles. The van der Waals surface area contributed by atoms with Crippen LogP contribution in [0.3, 0.4) is 0 Å². The highest BCUT2D eigenvalue weighted by Gasteiger charge is 2.32. The summed E-state index contributed by atoms with van der Waals surface area (Å²) >= 11 is 0. The number of anilines is 2. The Morgan fingerprint density at radius 2 is 1.81 bits per heavy atom. The van der Waals surface area contributed by atoms with E-state index in [1.54, 1.807) is 39.1 Å². The zero-order valence-corrected chi connectivity index (χ0v) is 21.1. The lowest BCUT2D eigenvalue weighted by atomic mass is 10.2. The Hall–Kier alpha value is -1.85. The van der Waals surface area contributed by atoms with Crippen LogP contribution in [0.4, 0.5) is 11.4 Å². The van der Waals surface area contributed by atoms with E-state index in [0.717, 1.165) is 25.1 Å². The second-order valence-electron chi connectivity index (χ2n) is 7.99. The topological polar surface area (TPSA) is 116 Å². The third kappa shape index (κ3) is 6.58. The number of sulfonamides is 1. The minimum atomic E-state index is -3.64. The van der Waals surface area contributed by atoms with Crippen LogP contribution in [-0.2, 0) is 24.7 Å². The maximum Gasteiger partial charge on any atom is 0.243 e. The number of benzene rings is 1. The number of likely N-dealkylation sites (N-methyl/N-ethyl adjacent to an activating group) is 1. The third-order valence-corrected chi connectivity index (χ3v) is 9.56. The van der Waals surface area contributed by atoms with E-state index >= 15 is 0 Å². The van der Waals surface area contributed by atoms with Crippen LogP contribution in [0.25, 0.3) is 0 Å². The van der Waals surface area contributed by atoms with Gasteiger partial charge < -0.3 is 15.5 Å². The van der Waals surface area contributed by atoms with Gasteiger partial charge in [0.15, 0.2) is 9.84 Å². The van der Waals surface area contributed by atoms with Crippen molar-refractivity contribution in [3.8, 4) is 0 Å². The number of hydrogen-bond acceptors (Lipinski definition) is 7. The Balaban J connectivity index is 2.21. The van der Waals surface area contributed by atoms with E-state index in [4.69, 9.17) is 0 Å². The summed E-state index contributed by atoms with van der Waals surface area (Å²) in [4.78, 5) is 14.3. The first-order valence-electron chi connectivity index (χ1n) is 11.1. The molecule has 0 saturated carbocycles. The van der Waals surface area contributed by atoms with Crippen LogP contribution < -0.4 is 10.6 Å². The zero-order valence-electron chi connectivity index (χ0n) is 19.4. The van der Waals surface area contributed by atoms with Crippen LogP contribution in [0.1, 0.15) is 40.0 Å². The molecule has 0 radical (unpaired) electrons. The minimum absolute atomic E-state index is 0.0172. The summed E-state index contributed by atoms with van der Waals surface area (Å²) < 4.78 is 50.7. The molecule has 0 spiro atoms. The van der Waals surface area contributed by atoms with Gasteiger partial charge in [0.2, 0.25) is 15.9 Å². The minimum Gasteiger partial charge on any atom is -0.383 e. The quantitative estimate of drug-likeness (QED) is 0.432. The van der Waals surface area contributed by atoms with Gasteiger partial charge in [0.05, 0.1) is 34.3 Å². The van der Waals surface area contributed by atoms with Gasteiger partial charge in [-0.15, -0.1) is 0 Å². The van der Waals surface area contributed by atoms with Crippen LogP contribution in [0, 0.1) is 0 Å². The lowest BCUT2D eigenvalue weighted by molar-refractivity contribution is -0.129. The number of carbonyl (C=O) groups excluding carboxylic acids is 1. The fraction of sp³-hybridized carbons (Fsp3) is 0.667. The number of carbonyl (C=O) groups is 1. The van der Waals surface area contributed by atoms with Crippen molar-refractivity contribution in [1.29, 1.82) is 0 Å². The lowest BCUT2D eigenvalue weighted by Gasteiger charge is -2.24. The number of rotatable bonds is 12. The van der Waals surface area contributed by atoms with Crippen molar-refractivity contribution < 1.29 is 21.6 Å². The Kier molecular flexibility index (Phi) is 9.35. The molecule has 1 saturated heterocycles. The SMILES string of the molecule is CCCCNc1ccc(S(=O)(=O)N(CC)CC)cc1NCC(=O)N(C)[C@H]1CCS(=O)(=O)C1. The summed E-state index contributed by atoms with van der Waals surface area (Å²) in [5.41, 5.74) is 1.24. The predicted molar refractivity (Wildman–Crippen MR) is 128 cm³/mol. The van der Waals surface area contributed by atoms with Gasteiger partial charge >= 0.3 is 0 Å². The molecule has 2 rings (SSSR count). The highest BCUT2D eigenvalue weighted by Crippen LogP contribution is 2.27. The molecular weight excluding hydrogens is 452 g/mol. The van der Waals surface area contributed by atoms with Crippen molar-refractivity contribution in [2.45, 2.75) is 51.0 Å². The zero-order chi connectivity index (χ0) is 23.9. The monoisotopic (exact) mass is 488 g/mol. The predicted octanol–water partition coefficient (Wildman–Crippen LogP) is 1.99. The highest BCUT2D eigenvalue weighted by molar-refractivity contribution is 7.91. The molecule has 1 aliphatic rings. The van der Waals surface area contributed by atoms with Gasteiger partial charge in [0.1, 0.15) is 0 Å². The molecule has 1 amide bonds. The van der Waals surface area contributed by atoms with Gasteiger partial charge in [-0.2, -0.15) is 4.31 Å². The summed E-state index contributed by atoms with van der Waals surface area (Å²) in [6.45, 7) is 7.05. The van der Waals surface area contributed by atoms with Crippen LogP contribution in [0.15, 0.2) is 23.1 Å². The van der Waals surface area contributed by atoms with Crippen molar-refractivity contribution in [1.82, 2.24) is 9.21 Å². The van der Waals surface area contributed by atoms with Gasteiger partial charge in [0.25, 0.3) is 0 Å². The Morgan fingerprint density at radius 1 is 1.12 bits per heavy atom. The highest BCUT2D eigenvalue weighted by atomic mass is 32.2. The average Bonchev–Trinajstić information content (AvgIpc) is 3.12. The summed E-state index contributed by atoms with van der Waals surface area (Å²) in [5.74, 6) is -0.167. The fourth-order valence-corrected chi connectivity index (χ4v) is 6.94. The molecular formula is C21H36N4O5S2. The molecule has 0 unspecified atom stereocenters. The first-order chi connectivity index (χ1) is 15.1. The second kappa shape index (κ2) is 11.3. The Labute approximate surface area is 192 Å². The van der Waals surface area contributed by atoms with Gasteiger partial charge in [-0.05, 0) is 31.0 Å². The van der Waals surface area contributed by atoms with Crippen molar-refractivity contribution in [3.05, 3.63) is 18.2 Å². The van der Waals surface area contributed by atoms with E-state index in [0.29, 0.717) is 25.2 Å². The number of nitrogens with one attached hydrogen (secondary N) is 2. The van der Waals surface area contributed by atoms with Crippen LogP contribution >= 0.6 is 0 Å². The van der Waals surface area contributed by atoms with Gasteiger partial charge in [0, 0.05) is 32.7 Å².